The van der Waals surface area contributed by atoms with Crippen molar-refractivity contribution in [3.63, 3.8) is 0 Å². The molecule has 0 bridgehead atoms. The maximum absolute atomic E-state index is 4.63. The molecule has 0 radical (unpaired) electrons. The molecule has 1 fully saturated rings. The van der Waals surface area contributed by atoms with E-state index in [2.05, 4.69) is 44.4 Å². The molecule has 0 aliphatic carbocycles. The highest BCUT2D eigenvalue weighted by atomic mass is 15.3. The van der Waals surface area contributed by atoms with E-state index < -0.39 is 0 Å². The normalized spacial score (nSPS) is 17.4. The first kappa shape index (κ1) is 17.7. The first-order chi connectivity index (χ1) is 11.2. The summed E-state index contributed by atoms with van der Waals surface area (Å²) in [7, 11) is 1.95. The zero-order valence-corrected chi connectivity index (χ0v) is 14.8. The summed E-state index contributed by atoms with van der Waals surface area (Å²) in [5.74, 6) is 0.876. The molecular weight excluding hydrogens is 290 g/mol. The Balaban J connectivity index is 1.73. The molecule has 7 heteroatoms. The van der Waals surface area contributed by atoms with Gasteiger partial charge in [0.2, 0.25) is 0 Å². The van der Waals surface area contributed by atoms with E-state index in [1.807, 2.05) is 17.8 Å². The molecule has 7 nitrogen and oxygen atoms in total. The van der Waals surface area contributed by atoms with Crippen LogP contribution < -0.4 is 10.6 Å². The second-order valence-electron chi connectivity index (χ2n) is 5.84. The minimum absolute atomic E-state index is 0.640. The summed E-state index contributed by atoms with van der Waals surface area (Å²) in [6.45, 7) is 13.7. The number of hydrogen-bond donors (Lipinski definition) is 2. The maximum atomic E-state index is 4.63. The van der Waals surface area contributed by atoms with Gasteiger partial charge in [0.1, 0.15) is 0 Å². The van der Waals surface area contributed by atoms with E-state index in [9.17, 15) is 0 Å². The fourth-order valence-electron chi connectivity index (χ4n) is 2.72. The third-order valence-electron chi connectivity index (χ3n) is 4.30. The number of rotatable bonds is 7. The topological polar surface area (TPSA) is 60.7 Å². The first-order valence-electron chi connectivity index (χ1n) is 8.66. The van der Waals surface area contributed by atoms with Crippen LogP contribution >= 0.6 is 0 Å². The van der Waals surface area contributed by atoms with Crippen LogP contribution in [0.3, 0.4) is 0 Å². The van der Waals surface area contributed by atoms with Crippen LogP contribution in [0.4, 0.5) is 0 Å². The molecule has 2 rings (SSSR count). The van der Waals surface area contributed by atoms with Gasteiger partial charge in [0.15, 0.2) is 5.96 Å². The Morgan fingerprint density at radius 1 is 1.17 bits per heavy atom. The minimum atomic E-state index is 0.640. The summed E-state index contributed by atoms with van der Waals surface area (Å²) >= 11 is 0. The van der Waals surface area contributed by atoms with Crippen molar-refractivity contribution in [3.05, 3.63) is 18.0 Å². The summed E-state index contributed by atoms with van der Waals surface area (Å²) in [4.78, 5) is 9.65. The summed E-state index contributed by atoms with van der Waals surface area (Å²) in [6, 6.07) is 2.00. The van der Waals surface area contributed by atoms with Crippen molar-refractivity contribution >= 4 is 5.96 Å². The Bertz CT molecular complexity index is 475. The zero-order chi connectivity index (χ0) is 16.5. The van der Waals surface area contributed by atoms with Crippen molar-refractivity contribution < 1.29 is 0 Å². The van der Waals surface area contributed by atoms with Crippen LogP contribution in [0.15, 0.2) is 17.3 Å². The predicted molar refractivity (Wildman–Crippen MR) is 94.6 cm³/mol. The van der Waals surface area contributed by atoms with Gasteiger partial charge in [0.25, 0.3) is 0 Å². The average molecular weight is 321 g/mol. The highest BCUT2D eigenvalue weighted by Crippen LogP contribution is 2.00. The molecule has 1 aliphatic rings. The first-order valence-corrected chi connectivity index (χ1v) is 8.66. The largest absolute Gasteiger partial charge is 0.357 e. The number of aliphatic imine (C=N–C) groups is 1. The Morgan fingerprint density at radius 3 is 2.52 bits per heavy atom. The van der Waals surface area contributed by atoms with Crippen molar-refractivity contribution in [1.82, 2.24) is 30.2 Å². The van der Waals surface area contributed by atoms with Crippen molar-refractivity contribution in [2.24, 2.45) is 12.0 Å². The van der Waals surface area contributed by atoms with Crippen molar-refractivity contribution in [2.75, 3.05) is 52.4 Å². The lowest BCUT2D eigenvalue weighted by atomic mass is 10.3. The molecule has 0 amide bonds. The van der Waals surface area contributed by atoms with Gasteiger partial charge >= 0.3 is 0 Å². The van der Waals surface area contributed by atoms with Crippen molar-refractivity contribution in [2.45, 2.75) is 20.4 Å². The van der Waals surface area contributed by atoms with E-state index in [0.717, 1.165) is 50.9 Å². The molecule has 1 aliphatic heterocycles. The second kappa shape index (κ2) is 9.52. The molecule has 1 aromatic rings. The predicted octanol–water partition coefficient (Wildman–Crippen LogP) is 0.113. The van der Waals surface area contributed by atoms with Gasteiger partial charge in [0.05, 0.1) is 12.2 Å². The average Bonchev–Trinajstić information content (AvgIpc) is 2.98. The monoisotopic (exact) mass is 321 g/mol. The van der Waals surface area contributed by atoms with Crippen LogP contribution in [-0.2, 0) is 13.6 Å². The van der Waals surface area contributed by atoms with E-state index in [-0.39, 0.29) is 0 Å². The number of aromatic nitrogens is 2. The number of piperazine rings is 1. The van der Waals surface area contributed by atoms with Crippen LogP contribution in [-0.4, -0.2) is 77.9 Å². The molecule has 0 aromatic carbocycles. The summed E-state index contributed by atoms with van der Waals surface area (Å²) in [5, 5.41) is 10.9. The number of likely N-dealkylation sites (N-methyl/N-ethyl adjacent to an activating group) is 1. The summed E-state index contributed by atoms with van der Waals surface area (Å²) < 4.78 is 1.86. The van der Waals surface area contributed by atoms with E-state index in [0.29, 0.717) is 6.54 Å². The number of nitrogens with zero attached hydrogens (tertiary/aromatic N) is 5. The molecule has 1 aromatic heterocycles. The SMILES string of the molecule is CCNC(=NCc1ccnn1C)NCCN1CCN(CC)CC1. The number of hydrogen-bond acceptors (Lipinski definition) is 4. The molecule has 2 heterocycles. The van der Waals surface area contributed by atoms with Gasteiger partial charge < -0.3 is 15.5 Å². The molecule has 0 saturated carbocycles. The fourth-order valence-corrected chi connectivity index (χ4v) is 2.72. The fraction of sp³-hybridized carbons (Fsp3) is 0.750. The quantitative estimate of drug-likeness (QED) is 0.551. The van der Waals surface area contributed by atoms with Crippen LogP contribution in [0.25, 0.3) is 0 Å². The van der Waals surface area contributed by atoms with Gasteiger partial charge in [-0.15, -0.1) is 0 Å². The Labute approximate surface area is 139 Å². The summed E-state index contributed by atoms with van der Waals surface area (Å²) in [5.41, 5.74) is 1.11. The molecular formula is C16H31N7. The lowest BCUT2D eigenvalue weighted by Crippen LogP contribution is -2.49. The molecule has 0 atom stereocenters. The van der Waals surface area contributed by atoms with Crippen LogP contribution in [0.2, 0.25) is 0 Å². The molecule has 23 heavy (non-hydrogen) atoms. The van der Waals surface area contributed by atoms with Gasteiger partial charge in [-0.2, -0.15) is 5.10 Å². The number of nitrogens with one attached hydrogen (secondary N) is 2. The minimum Gasteiger partial charge on any atom is -0.357 e. The lowest BCUT2D eigenvalue weighted by Gasteiger charge is -2.34. The van der Waals surface area contributed by atoms with E-state index in [1.54, 1.807) is 6.20 Å². The molecule has 1 saturated heterocycles. The van der Waals surface area contributed by atoms with Gasteiger partial charge in [0, 0.05) is 59.1 Å². The zero-order valence-electron chi connectivity index (χ0n) is 14.8. The number of aryl methyl sites for hydroxylation is 1. The Morgan fingerprint density at radius 2 is 1.91 bits per heavy atom. The third kappa shape index (κ3) is 5.84. The van der Waals surface area contributed by atoms with Gasteiger partial charge in [-0.25, -0.2) is 4.99 Å². The third-order valence-corrected chi connectivity index (χ3v) is 4.30. The molecule has 2 N–H and O–H groups in total. The van der Waals surface area contributed by atoms with Gasteiger partial charge in [-0.3, -0.25) is 9.58 Å². The van der Waals surface area contributed by atoms with E-state index in [4.69, 9.17) is 0 Å². The van der Waals surface area contributed by atoms with Gasteiger partial charge in [-0.05, 0) is 19.5 Å². The molecule has 130 valence electrons. The number of guanidine groups is 1. The standard InChI is InChI=1S/C16H31N7/c1-4-17-16(19-14-15-6-7-20-21(15)3)18-8-9-23-12-10-22(5-2)11-13-23/h6-7H,4-5,8-14H2,1-3H3,(H2,17,18,19). The summed E-state index contributed by atoms with van der Waals surface area (Å²) in [6.07, 6.45) is 1.81. The molecule has 0 spiro atoms. The molecule has 0 unspecified atom stereocenters. The smallest absolute Gasteiger partial charge is 0.191 e. The lowest BCUT2D eigenvalue weighted by molar-refractivity contribution is 0.139. The Hall–Kier alpha value is -1.60. The van der Waals surface area contributed by atoms with Crippen molar-refractivity contribution in [1.29, 1.82) is 0 Å². The Kier molecular flexibility index (Phi) is 7.35. The van der Waals surface area contributed by atoms with Crippen LogP contribution in [0, 0.1) is 0 Å². The highest BCUT2D eigenvalue weighted by Gasteiger charge is 2.14. The highest BCUT2D eigenvalue weighted by molar-refractivity contribution is 5.79. The van der Waals surface area contributed by atoms with Crippen LogP contribution in [0.5, 0.6) is 0 Å². The van der Waals surface area contributed by atoms with E-state index in [1.165, 1.54) is 13.1 Å². The van der Waals surface area contributed by atoms with Crippen LogP contribution in [0.1, 0.15) is 19.5 Å². The maximum Gasteiger partial charge on any atom is 0.191 e. The second-order valence-corrected chi connectivity index (χ2v) is 5.84. The van der Waals surface area contributed by atoms with Gasteiger partial charge in [-0.1, -0.05) is 6.92 Å². The van der Waals surface area contributed by atoms with Crippen molar-refractivity contribution in [3.8, 4) is 0 Å². The van der Waals surface area contributed by atoms with E-state index >= 15 is 0 Å².